The van der Waals surface area contributed by atoms with Crippen LogP contribution in [0, 0.1) is 0 Å². The number of fused-ring (bicyclic) bond motifs is 1. The molecule has 0 aromatic heterocycles. The van der Waals surface area contributed by atoms with Gasteiger partial charge in [-0.3, -0.25) is 9.10 Å². The van der Waals surface area contributed by atoms with Crippen molar-refractivity contribution in [3.05, 3.63) is 24.3 Å². The Bertz CT molecular complexity index is 801. The third-order valence-electron chi connectivity index (χ3n) is 3.65. The van der Waals surface area contributed by atoms with E-state index in [-0.39, 0.29) is 24.5 Å². The zero-order valence-corrected chi connectivity index (χ0v) is 12.7. The van der Waals surface area contributed by atoms with E-state index in [1.54, 1.807) is 24.3 Å². The van der Waals surface area contributed by atoms with Crippen molar-refractivity contribution in [3.8, 4) is 0 Å². The number of hydrogen-bond donors (Lipinski definition) is 1. The predicted octanol–water partition coefficient (Wildman–Crippen LogP) is -0.0380. The van der Waals surface area contributed by atoms with Gasteiger partial charge in [-0.25, -0.2) is 16.8 Å². The molecule has 0 radical (unpaired) electrons. The van der Waals surface area contributed by atoms with Crippen LogP contribution in [-0.4, -0.2) is 46.0 Å². The molecule has 0 spiro atoms. The molecule has 0 saturated carbocycles. The zero-order chi connectivity index (χ0) is 15.3. The van der Waals surface area contributed by atoms with Crippen LogP contribution < -0.4 is 9.62 Å². The Morgan fingerprint density at radius 3 is 2.62 bits per heavy atom. The highest BCUT2D eigenvalue weighted by atomic mass is 32.2. The summed E-state index contributed by atoms with van der Waals surface area (Å²) in [5.41, 5.74) is 0.791. The van der Waals surface area contributed by atoms with Gasteiger partial charge in [-0.1, -0.05) is 12.1 Å². The van der Waals surface area contributed by atoms with Crippen molar-refractivity contribution in [2.24, 2.45) is 0 Å². The van der Waals surface area contributed by atoms with Crippen LogP contribution in [0.5, 0.6) is 0 Å². The van der Waals surface area contributed by atoms with Gasteiger partial charge in [0.2, 0.25) is 15.9 Å². The molecule has 1 unspecified atom stereocenters. The van der Waals surface area contributed by atoms with Gasteiger partial charge in [-0.15, -0.1) is 0 Å². The number of sulfone groups is 1. The number of carbonyl (C=O) groups is 1. The molecule has 1 atom stereocenters. The lowest BCUT2D eigenvalue weighted by Gasteiger charge is -2.31. The summed E-state index contributed by atoms with van der Waals surface area (Å²) < 4.78 is 49.4. The Hall–Kier alpha value is -1.61. The van der Waals surface area contributed by atoms with Gasteiger partial charge in [0, 0.05) is 0 Å². The van der Waals surface area contributed by atoms with Gasteiger partial charge >= 0.3 is 0 Å². The average Bonchev–Trinajstić information content (AvgIpc) is 2.78. The molecule has 1 aromatic rings. The Labute approximate surface area is 122 Å². The van der Waals surface area contributed by atoms with E-state index >= 15 is 0 Å². The quantitative estimate of drug-likeness (QED) is 0.820. The third-order valence-corrected chi connectivity index (χ3v) is 7.82. The average molecular weight is 330 g/mol. The Kier molecular flexibility index (Phi) is 3.21. The van der Waals surface area contributed by atoms with Crippen LogP contribution in [0.4, 0.5) is 11.4 Å². The fourth-order valence-electron chi connectivity index (χ4n) is 2.60. The fraction of sp³-hybridized carbons (Fsp3) is 0.417. The molecule has 1 amide bonds. The van der Waals surface area contributed by atoms with E-state index in [1.165, 1.54) is 0 Å². The Morgan fingerprint density at radius 2 is 1.95 bits per heavy atom. The lowest BCUT2D eigenvalue weighted by molar-refractivity contribution is -0.115. The number of carbonyl (C=O) groups excluding carboxylic acids is 1. The number of para-hydroxylation sites is 2. The molecule has 1 aromatic carbocycles. The van der Waals surface area contributed by atoms with Crippen LogP contribution >= 0.6 is 0 Å². The molecule has 1 saturated heterocycles. The first kappa shape index (κ1) is 14.3. The number of nitrogens with one attached hydrogen (secondary N) is 1. The maximum atomic E-state index is 12.7. The van der Waals surface area contributed by atoms with Crippen molar-refractivity contribution in [2.45, 2.75) is 11.7 Å². The van der Waals surface area contributed by atoms with E-state index in [2.05, 4.69) is 5.32 Å². The number of anilines is 2. The Morgan fingerprint density at radius 1 is 1.24 bits per heavy atom. The maximum absolute atomic E-state index is 12.7. The molecule has 3 rings (SSSR count). The number of sulfonamides is 1. The number of rotatable bonds is 2. The molecule has 1 N–H and O–H groups in total. The summed E-state index contributed by atoms with van der Waals surface area (Å²) in [5.74, 6) is -0.938. The van der Waals surface area contributed by atoms with Crippen molar-refractivity contribution in [3.63, 3.8) is 0 Å². The largest absolute Gasteiger partial charge is 0.323 e. The molecule has 2 aliphatic heterocycles. The minimum Gasteiger partial charge on any atom is -0.323 e. The van der Waals surface area contributed by atoms with E-state index in [0.29, 0.717) is 11.4 Å². The lowest BCUT2D eigenvalue weighted by Crippen LogP contribution is -2.46. The maximum Gasteiger partial charge on any atom is 0.245 e. The van der Waals surface area contributed by atoms with E-state index in [9.17, 15) is 21.6 Å². The molecule has 7 nitrogen and oxygen atoms in total. The molecule has 2 heterocycles. The van der Waals surface area contributed by atoms with E-state index in [4.69, 9.17) is 0 Å². The predicted molar refractivity (Wildman–Crippen MR) is 78.4 cm³/mol. The molecule has 2 aliphatic rings. The lowest BCUT2D eigenvalue weighted by atomic mass is 10.2. The summed E-state index contributed by atoms with van der Waals surface area (Å²) in [6, 6.07) is 6.57. The van der Waals surface area contributed by atoms with Crippen LogP contribution in [0.1, 0.15) is 6.42 Å². The van der Waals surface area contributed by atoms with Gasteiger partial charge in [0.15, 0.2) is 9.84 Å². The fourth-order valence-corrected chi connectivity index (χ4v) is 7.11. The first-order chi connectivity index (χ1) is 9.79. The number of amides is 1. The van der Waals surface area contributed by atoms with Crippen LogP contribution in [-0.2, 0) is 24.7 Å². The summed E-state index contributed by atoms with van der Waals surface area (Å²) in [6.07, 6.45) is 0.0744. The van der Waals surface area contributed by atoms with Crippen molar-refractivity contribution < 1.29 is 21.6 Å². The normalized spacial score (nSPS) is 24.5. The Balaban J connectivity index is 2.02. The third kappa shape index (κ3) is 2.51. The van der Waals surface area contributed by atoms with E-state index in [0.717, 1.165) is 4.31 Å². The van der Waals surface area contributed by atoms with Gasteiger partial charge in [0.25, 0.3) is 0 Å². The summed E-state index contributed by atoms with van der Waals surface area (Å²) >= 11 is 0. The first-order valence-corrected chi connectivity index (χ1v) is 9.73. The molecule has 0 aliphatic carbocycles. The summed E-state index contributed by atoms with van der Waals surface area (Å²) in [7, 11) is -7.20. The van der Waals surface area contributed by atoms with Crippen LogP contribution in [0.15, 0.2) is 24.3 Å². The minimum absolute atomic E-state index is 0.0744. The van der Waals surface area contributed by atoms with Crippen molar-refractivity contribution >= 4 is 37.1 Å². The molecule has 0 bridgehead atoms. The van der Waals surface area contributed by atoms with Crippen molar-refractivity contribution in [1.29, 1.82) is 0 Å². The molecule has 1 fully saturated rings. The highest BCUT2D eigenvalue weighted by molar-refractivity contribution is 7.97. The second-order valence-corrected chi connectivity index (χ2v) is 9.51. The zero-order valence-electron chi connectivity index (χ0n) is 11.0. The molecule has 114 valence electrons. The van der Waals surface area contributed by atoms with Crippen molar-refractivity contribution in [1.82, 2.24) is 0 Å². The van der Waals surface area contributed by atoms with Gasteiger partial charge in [0.05, 0.1) is 28.1 Å². The smallest absolute Gasteiger partial charge is 0.245 e. The number of nitrogens with zero attached hydrogens (tertiary/aromatic N) is 1. The standard InChI is InChI=1S/C12H14N2O5S2/c15-12-7-14(11-4-2-1-3-10(11)13-12)21(18,19)9-5-6-20(16,17)8-9/h1-4,9H,5-8H2,(H,13,15). The summed E-state index contributed by atoms with van der Waals surface area (Å²) in [5, 5.41) is 1.62. The van der Waals surface area contributed by atoms with Gasteiger partial charge in [0.1, 0.15) is 6.54 Å². The molecular weight excluding hydrogens is 316 g/mol. The summed E-state index contributed by atoms with van der Waals surface area (Å²) in [6.45, 7) is -0.324. The van der Waals surface area contributed by atoms with Gasteiger partial charge in [-0.05, 0) is 18.6 Å². The number of benzene rings is 1. The van der Waals surface area contributed by atoms with Crippen LogP contribution in [0.25, 0.3) is 0 Å². The summed E-state index contributed by atoms with van der Waals surface area (Å²) in [4.78, 5) is 11.7. The van der Waals surface area contributed by atoms with Gasteiger partial charge in [-0.2, -0.15) is 0 Å². The SMILES string of the molecule is O=C1CN(S(=O)(=O)C2CCS(=O)(=O)C2)c2ccccc2N1. The molecule has 21 heavy (non-hydrogen) atoms. The van der Waals surface area contributed by atoms with Crippen LogP contribution in [0.3, 0.4) is 0 Å². The minimum atomic E-state index is -3.89. The van der Waals surface area contributed by atoms with Crippen LogP contribution in [0.2, 0.25) is 0 Å². The van der Waals surface area contributed by atoms with E-state index < -0.39 is 31.0 Å². The van der Waals surface area contributed by atoms with Gasteiger partial charge < -0.3 is 5.32 Å². The number of hydrogen-bond acceptors (Lipinski definition) is 5. The molecular formula is C12H14N2O5S2. The highest BCUT2D eigenvalue weighted by Crippen LogP contribution is 2.34. The second-order valence-electron chi connectivity index (χ2n) is 5.14. The monoisotopic (exact) mass is 330 g/mol. The van der Waals surface area contributed by atoms with E-state index in [1.807, 2.05) is 0 Å². The highest BCUT2D eigenvalue weighted by Gasteiger charge is 2.42. The van der Waals surface area contributed by atoms with Crippen molar-refractivity contribution in [2.75, 3.05) is 27.7 Å². The topological polar surface area (TPSA) is 101 Å². The first-order valence-electron chi connectivity index (χ1n) is 6.40. The molecule has 9 heteroatoms. The second kappa shape index (κ2) is 4.70.